The Balaban J connectivity index is 1.60. The quantitative estimate of drug-likeness (QED) is 0.884. The van der Waals surface area contributed by atoms with Gasteiger partial charge in [0.1, 0.15) is 11.6 Å². The SMILES string of the molecule is CN(C)c1ccc(C(=O)NCc2nccc(N3CCOCC3)n2)cc1. The summed E-state index contributed by atoms with van der Waals surface area (Å²) in [4.78, 5) is 25.2. The number of hydrogen-bond donors (Lipinski definition) is 1. The Labute approximate surface area is 147 Å². The molecule has 132 valence electrons. The van der Waals surface area contributed by atoms with E-state index in [0.717, 1.165) is 24.6 Å². The van der Waals surface area contributed by atoms with Crippen molar-refractivity contribution in [2.75, 3.05) is 50.2 Å². The third-order valence-corrected chi connectivity index (χ3v) is 4.08. The number of carbonyl (C=O) groups is 1. The number of anilines is 2. The van der Waals surface area contributed by atoms with E-state index in [-0.39, 0.29) is 5.91 Å². The number of benzene rings is 1. The van der Waals surface area contributed by atoms with Crippen LogP contribution in [0.15, 0.2) is 36.5 Å². The van der Waals surface area contributed by atoms with Gasteiger partial charge in [-0.25, -0.2) is 9.97 Å². The molecule has 1 aromatic heterocycles. The van der Waals surface area contributed by atoms with Crippen molar-refractivity contribution < 1.29 is 9.53 Å². The summed E-state index contributed by atoms with van der Waals surface area (Å²) in [5.41, 5.74) is 1.67. The molecule has 1 amide bonds. The number of morpholine rings is 1. The van der Waals surface area contributed by atoms with Gasteiger partial charge in [0.05, 0.1) is 19.8 Å². The van der Waals surface area contributed by atoms with Crippen molar-refractivity contribution in [2.45, 2.75) is 6.54 Å². The Morgan fingerprint density at radius 3 is 2.60 bits per heavy atom. The first-order valence-corrected chi connectivity index (χ1v) is 8.34. The van der Waals surface area contributed by atoms with Crippen LogP contribution in [0, 0.1) is 0 Å². The molecule has 0 spiro atoms. The highest BCUT2D eigenvalue weighted by atomic mass is 16.5. The maximum Gasteiger partial charge on any atom is 0.251 e. The van der Waals surface area contributed by atoms with Crippen LogP contribution < -0.4 is 15.1 Å². The summed E-state index contributed by atoms with van der Waals surface area (Å²) in [6, 6.07) is 9.36. The molecule has 1 aromatic carbocycles. The highest BCUT2D eigenvalue weighted by Gasteiger charge is 2.13. The van der Waals surface area contributed by atoms with Crippen molar-refractivity contribution in [1.29, 1.82) is 0 Å². The molecule has 2 aromatic rings. The monoisotopic (exact) mass is 341 g/mol. The van der Waals surface area contributed by atoms with Gasteiger partial charge < -0.3 is 19.9 Å². The van der Waals surface area contributed by atoms with Crippen LogP contribution in [0.4, 0.5) is 11.5 Å². The van der Waals surface area contributed by atoms with E-state index in [1.165, 1.54) is 0 Å². The van der Waals surface area contributed by atoms with Crippen molar-refractivity contribution in [1.82, 2.24) is 15.3 Å². The summed E-state index contributed by atoms with van der Waals surface area (Å²) in [6.45, 7) is 3.35. The molecule has 0 unspecified atom stereocenters. The molecule has 1 saturated heterocycles. The predicted molar refractivity (Wildman–Crippen MR) is 97.0 cm³/mol. The molecule has 0 radical (unpaired) electrons. The van der Waals surface area contributed by atoms with E-state index in [4.69, 9.17) is 4.74 Å². The lowest BCUT2D eigenvalue weighted by molar-refractivity contribution is 0.0950. The summed E-state index contributed by atoms with van der Waals surface area (Å²) in [6.07, 6.45) is 1.73. The van der Waals surface area contributed by atoms with Crippen LogP contribution in [-0.2, 0) is 11.3 Å². The van der Waals surface area contributed by atoms with Gasteiger partial charge in [-0.1, -0.05) is 0 Å². The van der Waals surface area contributed by atoms with E-state index in [1.807, 2.05) is 49.3 Å². The molecule has 2 heterocycles. The normalized spacial score (nSPS) is 14.2. The van der Waals surface area contributed by atoms with Crippen LogP contribution in [0.2, 0.25) is 0 Å². The third kappa shape index (κ3) is 4.45. The molecular formula is C18H23N5O2. The topological polar surface area (TPSA) is 70.6 Å². The Bertz CT molecular complexity index is 712. The van der Waals surface area contributed by atoms with Gasteiger partial charge in [-0.2, -0.15) is 0 Å². The summed E-state index contributed by atoms with van der Waals surface area (Å²) in [7, 11) is 3.93. The van der Waals surface area contributed by atoms with Crippen molar-refractivity contribution in [3.05, 3.63) is 47.9 Å². The second-order valence-corrected chi connectivity index (χ2v) is 6.05. The van der Waals surface area contributed by atoms with Gasteiger partial charge in [0.2, 0.25) is 0 Å². The third-order valence-electron chi connectivity index (χ3n) is 4.08. The number of amides is 1. The Morgan fingerprint density at radius 1 is 1.20 bits per heavy atom. The fourth-order valence-electron chi connectivity index (χ4n) is 2.61. The molecule has 0 atom stereocenters. The molecule has 3 rings (SSSR count). The standard InChI is InChI=1S/C18H23N5O2/c1-22(2)15-5-3-14(4-6-15)18(24)20-13-16-19-8-7-17(21-16)23-9-11-25-12-10-23/h3-8H,9-13H2,1-2H3,(H,20,24). The number of carbonyl (C=O) groups excluding carboxylic acids is 1. The molecule has 7 heteroatoms. The molecule has 1 fully saturated rings. The number of rotatable bonds is 5. The van der Waals surface area contributed by atoms with Crippen LogP contribution >= 0.6 is 0 Å². The lowest BCUT2D eigenvalue weighted by atomic mass is 10.2. The van der Waals surface area contributed by atoms with Crippen LogP contribution in [0.1, 0.15) is 16.2 Å². The van der Waals surface area contributed by atoms with E-state index in [1.54, 1.807) is 6.20 Å². The van der Waals surface area contributed by atoms with Crippen molar-refractivity contribution in [2.24, 2.45) is 0 Å². The first kappa shape index (κ1) is 17.2. The molecule has 1 aliphatic heterocycles. The van der Waals surface area contributed by atoms with E-state index in [9.17, 15) is 4.79 Å². The number of ether oxygens (including phenoxy) is 1. The second-order valence-electron chi connectivity index (χ2n) is 6.05. The summed E-state index contributed by atoms with van der Waals surface area (Å²) >= 11 is 0. The van der Waals surface area contributed by atoms with Crippen molar-refractivity contribution in [3.63, 3.8) is 0 Å². The minimum atomic E-state index is -0.134. The van der Waals surface area contributed by atoms with E-state index in [0.29, 0.717) is 31.1 Å². The van der Waals surface area contributed by atoms with Crippen molar-refractivity contribution >= 4 is 17.4 Å². The highest BCUT2D eigenvalue weighted by molar-refractivity contribution is 5.94. The zero-order valence-corrected chi connectivity index (χ0v) is 14.6. The average molecular weight is 341 g/mol. The summed E-state index contributed by atoms with van der Waals surface area (Å²) in [5, 5.41) is 2.87. The zero-order valence-electron chi connectivity index (χ0n) is 14.6. The summed E-state index contributed by atoms with van der Waals surface area (Å²) in [5.74, 6) is 1.34. The van der Waals surface area contributed by atoms with Gasteiger partial charge >= 0.3 is 0 Å². The smallest absolute Gasteiger partial charge is 0.251 e. The van der Waals surface area contributed by atoms with Crippen molar-refractivity contribution in [3.8, 4) is 0 Å². The maximum atomic E-state index is 12.3. The average Bonchev–Trinajstić information content (AvgIpc) is 2.67. The molecule has 0 bridgehead atoms. The lowest BCUT2D eigenvalue weighted by Crippen LogP contribution is -2.37. The van der Waals surface area contributed by atoms with Crippen LogP contribution in [-0.4, -0.2) is 56.3 Å². The Hall–Kier alpha value is -2.67. The number of aromatic nitrogens is 2. The van der Waals surface area contributed by atoms with Gasteiger partial charge in [0.25, 0.3) is 5.91 Å². The van der Waals surface area contributed by atoms with E-state index >= 15 is 0 Å². The van der Waals surface area contributed by atoms with Gasteiger partial charge in [-0.05, 0) is 30.3 Å². The van der Waals surface area contributed by atoms with Gasteiger partial charge in [0, 0.05) is 44.6 Å². The molecule has 25 heavy (non-hydrogen) atoms. The molecule has 0 saturated carbocycles. The minimum absolute atomic E-state index is 0.134. The molecule has 7 nitrogen and oxygen atoms in total. The van der Waals surface area contributed by atoms with Gasteiger partial charge in [-0.3, -0.25) is 4.79 Å². The fraction of sp³-hybridized carbons (Fsp3) is 0.389. The second kappa shape index (κ2) is 7.94. The first-order valence-electron chi connectivity index (χ1n) is 8.34. The molecule has 1 N–H and O–H groups in total. The predicted octanol–water partition coefficient (Wildman–Crippen LogP) is 1.31. The fourth-order valence-corrected chi connectivity index (χ4v) is 2.61. The van der Waals surface area contributed by atoms with Gasteiger partial charge in [0.15, 0.2) is 0 Å². The van der Waals surface area contributed by atoms with Crippen LogP contribution in [0.25, 0.3) is 0 Å². The van der Waals surface area contributed by atoms with Crippen LogP contribution in [0.3, 0.4) is 0 Å². The zero-order chi connectivity index (χ0) is 17.6. The Morgan fingerprint density at radius 2 is 1.92 bits per heavy atom. The van der Waals surface area contributed by atoms with Crippen LogP contribution in [0.5, 0.6) is 0 Å². The molecular weight excluding hydrogens is 318 g/mol. The van der Waals surface area contributed by atoms with E-state index < -0.39 is 0 Å². The van der Waals surface area contributed by atoms with E-state index in [2.05, 4.69) is 20.2 Å². The number of hydrogen-bond acceptors (Lipinski definition) is 6. The number of nitrogens with zero attached hydrogens (tertiary/aromatic N) is 4. The summed E-state index contributed by atoms with van der Waals surface area (Å²) < 4.78 is 5.36. The number of nitrogens with one attached hydrogen (secondary N) is 1. The first-order chi connectivity index (χ1) is 12.1. The molecule has 0 aliphatic carbocycles. The highest BCUT2D eigenvalue weighted by Crippen LogP contribution is 2.13. The maximum absolute atomic E-state index is 12.3. The largest absolute Gasteiger partial charge is 0.378 e. The Kier molecular flexibility index (Phi) is 5.45. The minimum Gasteiger partial charge on any atom is -0.378 e. The van der Waals surface area contributed by atoms with Gasteiger partial charge in [-0.15, -0.1) is 0 Å². The lowest BCUT2D eigenvalue weighted by Gasteiger charge is -2.27. The molecule has 1 aliphatic rings.